The van der Waals surface area contributed by atoms with E-state index >= 15 is 0 Å². The van der Waals surface area contributed by atoms with Crippen LogP contribution in [0.5, 0.6) is 0 Å². The standard InChI is InChI=1S/C19H18F2N6/c20-15-5-4-14(11-16(15)21)25-17-12-19(24-13-23-17)27-9-7-26(8-10-27)18-3-1-2-6-22-18/h1-6,11-13H,7-10H2,(H,23,24,25). The van der Waals surface area contributed by atoms with Gasteiger partial charge in [-0.2, -0.15) is 0 Å². The van der Waals surface area contributed by atoms with Crippen LogP contribution in [0.3, 0.4) is 0 Å². The molecule has 1 aliphatic rings. The lowest BCUT2D eigenvalue weighted by molar-refractivity contribution is 0.509. The Kier molecular flexibility index (Phi) is 4.78. The van der Waals surface area contributed by atoms with Gasteiger partial charge in [-0.05, 0) is 24.3 Å². The summed E-state index contributed by atoms with van der Waals surface area (Å²) in [5.41, 5.74) is 0.429. The largest absolute Gasteiger partial charge is 0.353 e. The van der Waals surface area contributed by atoms with Crippen molar-refractivity contribution < 1.29 is 8.78 Å². The molecule has 0 saturated carbocycles. The Morgan fingerprint density at radius 1 is 0.778 bits per heavy atom. The van der Waals surface area contributed by atoms with Crippen LogP contribution in [-0.4, -0.2) is 41.1 Å². The average Bonchev–Trinajstić information content (AvgIpc) is 2.72. The molecular weight excluding hydrogens is 350 g/mol. The van der Waals surface area contributed by atoms with Gasteiger partial charge in [0.05, 0.1) is 0 Å². The van der Waals surface area contributed by atoms with Crippen LogP contribution in [0.2, 0.25) is 0 Å². The van der Waals surface area contributed by atoms with Crippen molar-refractivity contribution in [3.63, 3.8) is 0 Å². The molecule has 0 radical (unpaired) electrons. The first kappa shape index (κ1) is 17.1. The summed E-state index contributed by atoms with van der Waals surface area (Å²) in [5.74, 6) is 0.504. The van der Waals surface area contributed by atoms with E-state index in [-0.39, 0.29) is 0 Å². The number of piperazine rings is 1. The van der Waals surface area contributed by atoms with Crippen molar-refractivity contribution in [2.24, 2.45) is 0 Å². The van der Waals surface area contributed by atoms with Gasteiger partial charge < -0.3 is 15.1 Å². The van der Waals surface area contributed by atoms with Gasteiger partial charge in [0.1, 0.15) is 23.8 Å². The van der Waals surface area contributed by atoms with Crippen LogP contribution in [0.15, 0.2) is 55.0 Å². The Morgan fingerprint density at radius 3 is 2.26 bits per heavy atom. The molecule has 2 aromatic heterocycles. The van der Waals surface area contributed by atoms with Crippen molar-refractivity contribution >= 4 is 23.1 Å². The summed E-state index contributed by atoms with van der Waals surface area (Å²) in [4.78, 5) is 17.3. The molecule has 4 rings (SSSR count). The first-order valence-electron chi connectivity index (χ1n) is 8.64. The van der Waals surface area contributed by atoms with Gasteiger partial charge in [0.2, 0.25) is 0 Å². The molecular formula is C19H18F2N6. The fourth-order valence-electron chi connectivity index (χ4n) is 3.02. The van der Waals surface area contributed by atoms with Crippen molar-refractivity contribution in [1.82, 2.24) is 15.0 Å². The Morgan fingerprint density at radius 2 is 1.56 bits per heavy atom. The minimum atomic E-state index is -0.903. The minimum absolute atomic E-state index is 0.429. The molecule has 0 amide bonds. The molecule has 0 aliphatic carbocycles. The minimum Gasteiger partial charge on any atom is -0.353 e. The first-order chi connectivity index (χ1) is 13.2. The average molecular weight is 368 g/mol. The fourth-order valence-corrected chi connectivity index (χ4v) is 3.02. The van der Waals surface area contributed by atoms with E-state index in [0.29, 0.717) is 11.5 Å². The molecule has 1 aliphatic heterocycles. The number of pyridine rings is 1. The highest BCUT2D eigenvalue weighted by atomic mass is 19.2. The Bertz CT molecular complexity index is 913. The Balaban J connectivity index is 1.43. The molecule has 0 spiro atoms. The van der Waals surface area contributed by atoms with Crippen LogP contribution >= 0.6 is 0 Å². The Labute approximate surface area is 155 Å². The van der Waals surface area contributed by atoms with E-state index in [9.17, 15) is 8.78 Å². The van der Waals surface area contributed by atoms with E-state index in [2.05, 4.69) is 30.1 Å². The Hall–Kier alpha value is -3.29. The summed E-state index contributed by atoms with van der Waals surface area (Å²) in [7, 11) is 0. The van der Waals surface area contributed by atoms with E-state index in [4.69, 9.17) is 0 Å². The second kappa shape index (κ2) is 7.53. The van der Waals surface area contributed by atoms with Gasteiger partial charge in [-0.25, -0.2) is 23.7 Å². The maximum atomic E-state index is 13.4. The third-order valence-electron chi connectivity index (χ3n) is 4.42. The number of aromatic nitrogens is 3. The van der Waals surface area contributed by atoms with Crippen molar-refractivity contribution in [2.75, 3.05) is 41.3 Å². The van der Waals surface area contributed by atoms with E-state index in [1.54, 1.807) is 12.3 Å². The topological polar surface area (TPSA) is 57.2 Å². The van der Waals surface area contributed by atoms with Crippen molar-refractivity contribution in [1.29, 1.82) is 0 Å². The van der Waals surface area contributed by atoms with Crippen molar-refractivity contribution in [2.45, 2.75) is 0 Å². The second-order valence-electron chi connectivity index (χ2n) is 6.18. The second-order valence-corrected chi connectivity index (χ2v) is 6.18. The van der Waals surface area contributed by atoms with Crippen molar-refractivity contribution in [3.8, 4) is 0 Å². The van der Waals surface area contributed by atoms with Crippen LogP contribution in [-0.2, 0) is 0 Å². The van der Waals surface area contributed by atoms with Crippen LogP contribution < -0.4 is 15.1 Å². The maximum absolute atomic E-state index is 13.4. The number of anilines is 4. The molecule has 1 aromatic carbocycles. The zero-order chi connectivity index (χ0) is 18.6. The quantitative estimate of drug-likeness (QED) is 0.763. The number of hydrogen-bond acceptors (Lipinski definition) is 6. The summed E-state index contributed by atoms with van der Waals surface area (Å²) < 4.78 is 26.4. The smallest absolute Gasteiger partial charge is 0.160 e. The molecule has 138 valence electrons. The molecule has 27 heavy (non-hydrogen) atoms. The highest BCUT2D eigenvalue weighted by Gasteiger charge is 2.19. The zero-order valence-corrected chi connectivity index (χ0v) is 14.5. The highest BCUT2D eigenvalue weighted by Crippen LogP contribution is 2.22. The molecule has 1 saturated heterocycles. The van der Waals surface area contributed by atoms with E-state index in [1.807, 2.05) is 18.2 Å². The number of rotatable bonds is 4. The van der Waals surface area contributed by atoms with E-state index in [1.165, 1.54) is 12.4 Å². The van der Waals surface area contributed by atoms with Crippen molar-refractivity contribution in [3.05, 3.63) is 66.6 Å². The fraction of sp³-hybridized carbons (Fsp3) is 0.211. The molecule has 8 heteroatoms. The lowest BCUT2D eigenvalue weighted by atomic mass is 10.3. The number of nitrogens with zero attached hydrogens (tertiary/aromatic N) is 5. The predicted molar refractivity (Wildman–Crippen MR) is 100 cm³/mol. The summed E-state index contributed by atoms with van der Waals surface area (Å²) >= 11 is 0. The van der Waals surface area contributed by atoms with Gasteiger partial charge in [-0.15, -0.1) is 0 Å². The van der Waals surface area contributed by atoms with E-state index in [0.717, 1.165) is 49.9 Å². The molecule has 1 fully saturated rings. The van der Waals surface area contributed by atoms with Gasteiger partial charge in [0.25, 0.3) is 0 Å². The molecule has 3 aromatic rings. The van der Waals surface area contributed by atoms with E-state index < -0.39 is 11.6 Å². The molecule has 3 heterocycles. The predicted octanol–water partition coefficient (Wildman–Crippen LogP) is 3.22. The molecule has 1 N–H and O–H groups in total. The van der Waals surface area contributed by atoms with Gasteiger partial charge >= 0.3 is 0 Å². The molecule has 0 bridgehead atoms. The molecule has 6 nitrogen and oxygen atoms in total. The summed E-state index contributed by atoms with van der Waals surface area (Å²) in [5, 5.41) is 2.98. The number of nitrogens with one attached hydrogen (secondary N) is 1. The summed E-state index contributed by atoms with van der Waals surface area (Å²) in [6.45, 7) is 3.29. The normalized spacial score (nSPS) is 14.3. The number of halogens is 2. The summed E-state index contributed by atoms with van der Waals surface area (Å²) in [6, 6.07) is 11.3. The van der Waals surface area contributed by atoms with Crippen LogP contribution in [0.25, 0.3) is 0 Å². The zero-order valence-electron chi connectivity index (χ0n) is 14.5. The molecule has 0 atom stereocenters. The molecule has 0 unspecified atom stereocenters. The number of hydrogen-bond donors (Lipinski definition) is 1. The number of benzene rings is 1. The van der Waals surface area contributed by atoms with Gasteiger partial charge in [0, 0.05) is 50.2 Å². The monoisotopic (exact) mass is 368 g/mol. The lowest BCUT2D eigenvalue weighted by Crippen LogP contribution is -2.47. The van der Waals surface area contributed by atoms with Crippen LogP contribution in [0, 0.1) is 11.6 Å². The van der Waals surface area contributed by atoms with Crippen LogP contribution in [0.4, 0.5) is 31.9 Å². The first-order valence-corrected chi connectivity index (χ1v) is 8.64. The third kappa shape index (κ3) is 3.94. The SMILES string of the molecule is Fc1ccc(Nc2cc(N3CCN(c4ccccn4)CC3)ncn2)cc1F. The highest BCUT2D eigenvalue weighted by molar-refractivity contribution is 5.59. The van der Waals surface area contributed by atoms with Gasteiger partial charge in [-0.3, -0.25) is 0 Å². The van der Waals surface area contributed by atoms with Crippen LogP contribution in [0.1, 0.15) is 0 Å². The maximum Gasteiger partial charge on any atom is 0.160 e. The van der Waals surface area contributed by atoms with Gasteiger partial charge in [0.15, 0.2) is 11.6 Å². The lowest BCUT2D eigenvalue weighted by Gasteiger charge is -2.36. The third-order valence-corrected chi connectivity index (χ3v) is 4.42. The summed E-state index contributed by atoms with van der Waals surface area (Å²) in [6.07, 6.45) is 3.25. The van der Waals surface area contributed by atoms with Gasteiger partial charge in [-0.1, -0.05) is 6.07 Å².